The molecule has 23 heavy (non-hydrogen) atoms. The third-order valence-corrected chi connectivity index (χ3v) is 4.06. The molecule has 0 aliphatic rings. The molecule has 0 aliphatic heterocycles. The predicted molar refractivity (Wildman–Crippen MR) is 90.9 cm³/mol. The quantitative estimate of drug-likeness (QED) is 0.471. The average molecular weight is 330 g/mol. The molecule has 0 radical (unpaired) electrons. The van der Waals surface area contributed by atoms with E-state index >= 15 is 0 Å². The summed E-state index contributed by atoms with van der Waals surface area (Å²) in [6.45, 7) is 6.01. The number of nitrogens with one attached hydrogen (secondary N) is 1. The van der Waals surface area contributed by atoms with Gasteiger partial charge >= 0.3 is 0 Å². The maximum Gasteiger partial charge on any atom is 0.249 e. The number of aliphatic hydroxyl groups is 2. The Balaban J connectivity index is 3.94. The van der Waals surface area contributed by atoms with Crippen LogP contribution in [-0.4, -0.2) is 59.8 Å². The van der Waals surface area contributed by atoms with E-state index in [1.807, 2.05) is 0 Å². The number of aliphatic hydroxyl groups excluding tert-OH is 2. The summed E-state index contributed by atoms with van der Waals surface area (Å²) in [4.78, 5) is 25.4. The molecule has 0 saturated carbocycles. The van der Waals surface area contributed by atoms with Crippen molar-refractivity contribution in [2.45, 2.75) is 65.4 Å². The number of unbranched alkanes of at least 4 members (excludes halogenated alkanes) is 4. The van der Waals surface area contributed by atoms with Gasteiger partial charge < -0.3 is 20.4 Å². The van der Waals surface area contributed by atoms with E-state index in [-0.39, 0.29) is 25.5 Å². The number of carbonyl (C=O) groups is 2. The van der Waals surface area contributed by atoms with Gasteiger partial charge in [-0.15, -0.1) is 0 Å². The second kappa shape index (κ2) is 11.4. The van der Waals surface area contributed by atoms with Gasteiger partial charge in [0, 0.05) is 32.0 Å². The zero-order valence-electron chi connectivity index (χ0n) is 15.1. The summed E-state index contributed by atoms with van der Waals surface area (Å²) in [6.07, 6.45) is 4.68. The van der Waals surface area contributed by atoms with E-state index in [0.717, 1.165) is 19.4 Å². The molecule has 1 atom stereocenters. The van der Waals surface area contributed by atoms with Gasteiger partial charge in [0.2, 0.25) is 11.8 Å². The Labute approximate surface area is 140 Å². The summed E-state index contributed by atoms with van der Waals surface area (Å²) < 4.78 is 0. The molecule has 0 aliphatic carbocycles. The topological polar surface area (TPSA) is 89.9 Å². The molecule has 0 aromatic rings. The van der Waals surface area contributed by atoms with E-state index in [9.17, 15) is 14.7 Å². The van der Waals surface area contributed by atoms with Crippen LogP contribution in [0.4, 0.5) is 0 Å². The SMILES string of the molecule is CCCCCCCN(C)C(=O)CCNC(=O)[C@H](O)C(C)(C)CO. The van der Waals surface area contributed by atoms with Crippen LogP contribution in [0.2, 0.25) is 0 Å². The molecule has 0 aromatic heterocycles. The van der Waals surface area contributed by atoms with Crippen LogP contribution in [0.3, 0.4) is 0 Å². The molecule has 0 rings (SSSR count). The van der Waals surface area contributed by atoms with Crippen molar-refractivity contribution >= 4 is 11.8 Å². The normalized spacial score (nSPS) is 12.8. The highest BCUT2D eigenvalue weighted by molar-refractivity contribution is 5.82. The van der Waals surface area contributed by atoms with Crippen molar-refractivity contribution in [3.8, 4) is 0 Å². The van der Waals surface area contributed by atoms with Crippen LogP contribution in [0, 0.1) is 5.41 Å². The molecule has 136 valence electrons. The lowest BCUT2D eigenvalue weighted by molar-refractivity contribution is -0.137. The van der Waals surface area contributed by atoms with Crippen molar-refractivity contribution in [3.63, 3.8) is 0 Å². The van der Waals surface area contributed by atoms with Gasteiger partial charge in [-0.25, -0.2) is 0 Å². The Bertz CT molecular complexity index is 359. The standard InChI is InChI=1S/C17H34N2O4/c1-5-6-7-8-9-12-19(4)14(21)10-11-18-16(23)15(22)17(2,3)13-20/h15,20,22H,5-13H2,1-4H3,(H,18,23)/t15-/m0/s1. The lowest BCUT2D eigenvalue weighted by Crippen LogP contribution is -2.46. The fraction of sp³-hybridized carbons (Fsp3) is 0.882. The van der Waals surface area contributed by atoms with Gasteiger partial charge in [-0.3, -0.25) is 9.59 Å². The third kappa shape index (κ3) is 8.91. The van der Waals surface area contributed by atoms with Gasteiger partial charge in [-0.1, -0.05) is 46.5 Å². The highest BCUT2D eigenvalue weighted by atomic mass is 16.3. The first kappa shape index (κ1) is 21.9. The van der Waals surface area contributed by atoms with Crippen LogP contribution in [0.5, 0.6) is 0 Å². The van der Waals surface area contributed by atoms with Crippen LogP contribution in [0.15, 0.2) is 0 Å². The monoisotopic (exact) mass is 330 g/mol. The molecule has 0 heterocycles. The fourth-order valence-corrected chi connectivity index (χ4v) is 2.10. The number of hydrogen-bond acceptors (Lipinski definition) is 4. The molecule has 0 aromatic carbocycles. The summed E-state index contributed by atoms with van der Waals surface area (Å²) in [7, 11) is 1.77. The molecule has 0 bridgehead atoms. The molecular formula is C17H34N2O4. The van der Waals surface area contributed by atoms with Crippen molar-refractivity contribution < 1.29 is 19.8 Å². The summed E-state index contributed by atoms with van der Waals surface area (Å²) in [5.74, 6) is -0.573. The number of amides is 2. The first-order chi connectivity index (χ1) is 10.8. The number of rotatable bonds is 12. The van der Waals surface area contributed by atoms with Crippen LogP contribution in [0.1, 0.15) is 59.3 Å². The molecule has 0 unspecified atom stereocenters. The molecule has 0 spiro atoms. The van der Waals surface area contributed by atoms with Crippen LogP contribution in [-0.2, 0) is 9.59 Å². The Kier molecular flexibility index (Phi) is 10.8. The van der Waals surface area contributed by atoms with E-state index < -0.39 is 17.4 Å². The minimum atomic E-state index is -1.29. The minimum Gasteiger partial charge on any atom is -0.396 e. The molecule has 3 N–H and O–H groups in total. The second-order valence-corrected chi connectivity index (χ2v) is 6.82. The van der Waals surface area contributed by atoms with Crippen molar-refractivity contribution in [2.75, 3.05) is 26.7 Å². The number of hydrogen-bond donors (Lipinski definition) is 3. The van der Waals surface area contributed by atoms with Crippen LogP contribution >= 0.6 is 0 Å². The zero-order valence-corrected chi connectivity index (χ0v) is 15.1. The molecule has 0 fully saturated rings. The summed E-state index contributed by atoms with van der Waals surface area (Å²) in [5, 5.41) is 21.5. The number of nitrogens with zero attached hydrogens (tertiary/aromatic N) is 1. The van der Waals surface area contributed by atoms with Gasteiger partial charge in [-0.05, 0) is 6.42 Å². The average Bonchev–Trinajstić information content (AvgIpc) is 2.53. The van der Waals surface area contributed by atoms with E-state index in [2.05, 4.69) is 12.2 Å². The lowest BCUT2D eigenvalue weighted by atomic mass is 9.87. The first-order valence-electron chi connectivity index (χ1n) is 8.56. The third-order valence-electron chi connectivity index (χ3n) is 4.06. The smallest absolute Gasteiger partial charge is 0.249 e. The highest BCUT2D eigenvalue weighted by Gasteiger charge is 2.32. The van der Waals surface area contributed by atoms with E-state index in [1.54, 1.807) is 25.8 Å². The Morgan fingerprint density at radius 1 is 1.17 bits per heavy atom. The van der Waals surface area contributed by atoms with Crippen molar-refractivity contribution in [1.29, 1.82) is 0 Å². The van der Waals surface area contributed by atoms with Gasteiger partial charge in [0.25, 0.3) is 0 Å². The molecule has 6 heteroatoms. The summed E-state index contributed by atoms with van der Waals surface area (Å²) in [5.41, 5.74) is -0.899. The minimum absolute atomic E-state index is 0.0169. The Morgan fingerprint density at radius 2 is 1.78 bits per heavy atom. The highest BCUT2D eigenvalue weighted by Crippen LogP contribution is 2.19. The lowest BCUT2D eigenvalue weighted by Gasteiger charge is -2.27. The van der Waals surface area contributed by atoms with Crippen LogP contribution in [0.25, 0.3) is 0 Å². The van der Waals surface area contributed by atoms with E-state index in [4.69, 9.17) is 5.11 Å². The fourth-order valence-electron chi connectivity index (χ4n) is 2.10. The van der Waals surface area contributed by atoms with Gasteiger partial charge in [0.1, 0.15) is 6.10 Å². The molecule has 6 nitrogen and oxygen atoms in total. The van der Waals surface area contributed by atoms with Gasteiger partial charge in [0.05, 0.1) is 6.61 Å². The van der Waals surface area contributed by atoms with E-state index in [1.165, 1.54) is 19.3 Å². The van der Waals surface area contributed by atoms with E-state index in [0.29, 0.717) is 0 Å². The summed E-state index contributed by atoms with van der Waals surface area (Å²) >= 11 is 0. The second-order valence-electron chi connectivity index (χ2n) is 6.82. The van der Waals surface area contributed by atoms with Gasteiger partial charge in [-0.2, -0.15) is 0 Å². The number of carbonyl (C=O) groups excluding carboxylic acids is 2. The van der Waals surface area contributed by atoms with Gasteiger partial charge in [0.15, 0.2) is 0 Å². The van der Waals surface area contributed by atoms with Crippen LogP contribution < -0.4 is 5.32 Å². The van der Waals surface area contributed by atoms with Crippen molar-refractivity contribution in [3.05, 3.63) is 0 Å². The maximum absolute atomic E-state index is 11.9. The van der Waals surface area contributed by atoms with Crippen molar-refractivity contribution in [2.24, 2.45) is 5.41 Å². The largest absolute Gasteiger partial charge is 0.396 e. The Hall–Kier alpha value is -1.14. The molecule has 2 amide bonds. The maximum atomic E-state index is 11.9. The summed E-state index contributed by atoms with van der Waals surface area (Å²) in [6, 6.07) is 0. The first-order valence-corrected chi connectivity index (χ1v) is 8.56. The zero-order chi connectivity index (χ0) is 17.9. The Morgan fingerprint density at radius 3 is 2.35 bits per heavy atom. The molecule has 0 saturated heterocycles. The molecular weight excluding hydrogens is 296 g/mol. The van der Waals surface area contributed by atoms with Crippen molar-refractivity contribution in [1.82, 2.24) is 10.2 Å². The predicted octanol–water partition coefficient (Wildman–Crippen LogP) is 1.30.